The molecular formula is C28H27FN6O3S. The van der Waals surface area contributed by atoms with E-state index in [1.165, 1.54) is 24.7 Å². The third kappa shape index (κ3) is 7.15. The summed E-state index contributed by atoms with van der Waals surface area (Å²) in [5.74, 6) is 1.79. The highest BCUT2D eigenvalue weighted by atomic mass is 32.2. The quantitative estimate of drug-likeness (QED) is 0.230. The Kier molecular flexibility index (Phi) is 7.80. The average Bonchev–Trinajstić information content (AvgIpc) is 3.52. The Morgan fingerprint density at radius 1 is 1.08 bits per heavy atom. The van der Waals surface area contributed by atoms with E-state index in [-0.39, 0.29) is 11.6 Å². The largest absolute Gasteiger partial charge is 0.460 e. The molecule has 11 heteroatoms. The van der Waals surface area contributed by atoms with Gasteiger partial charge in [0.05, 0.1) is 30.6 Å². The lowest BCUT2D eigenvalue weighted by Crippen LogP contribution is -2.21. The van der Waals surface area contributed by atoms with Gasteiger partial charge in [-0.1, -0.05) is 12.1 Å². The number of halogens is 1. The van der Waals surface area contributed by atoms with Gasteiger partial charge in [-0.3, -0.25) is 4.68 Å². The lowest BCUT2D eigenvalue weighted by atomic mass is 10.2. The van der Waals surface area contributed by atoms with E-state index in [9.17, 15) is 12.8 Å². The summed E-state index contributed by atoms with van der Waals surface area (Å²) in [5, 5.41) is 11.8. The zero-order valence-corrected chi connectivity index (χ0v) is 22.0. The van der Waals surface area contributed by atoms with Crippen molar-refractivity contribution in [2.24, 2.45) is 0 Å². The van der Waals surface area contributed by atoms with Crippen LogP contribution in [0.4, 0.5) is 15.9 Å². The molecule has 0 atom stereocenters. The van der Waals surface area contributed by atoms with Crippen LogP contribution in [0, 0.1) is 5.82 Å². The number of hydrogen-bond acceptors (Lipinski definition) is 8. The third-order valence-corrected chi connectivity index (χ3v) is 6.87. The van der Waals surface area contributed by atoms with Crippen LogP contribution in [-0.4, -0.2) is 46.7 Å². The second kappa shape index (κ2) is 11.6. The van der Waals surface area contributed by atoms with Crippen molar-refractivity contribution in [3.05, 3.63) is 102 Å². The van der Waals surface area contributed by atoms with Crippen LogP contribution in [0.25, 0.3) is 23.1 Å². The zero-order valence-electron chi connectivity index (χ0n) is 21.2. The highest BCUT2D eigenvalue weighted by Gasteiger charge is 2.08. The van der Waals surface area contributed by atoms with E-state index in [1.807, 2.05) is 53.2 Å². The number of aromatic nitrogens is 4. The van der Waals surface area contributed by atoms with Crippen molar-refractivity contribution in [2.45, 2.75) is 13.1 Å². The molecule has 0 saturated heterocycles. The molecule has 0 spiro atoms. The lowest BCUT2D eigenvalue weighted by Gasteiger charge is -2.09. The van der Waals surface area contributed by atoms with Gasteiger partial charge in [0.1, 0.15) is 39.3 Å². The molecule has 0 radical (unpaired) electrons. The van der Waals surface area contributed by atoms with Crippen molar-refractivity contribution in [1.82, 2.24) is 25.1 Å². The van der Waals surface area contributed by atoms with Crippen molar-refractivity contribution in [1.29, 1.82) is 0 Å². The molecule has 0 saturated carbocycles. The van der Waals surface area contributed by atoms with E-state index in [2.05, 4.69) is 25.7 Å². The van der Waals surface area contributed by atoms with Gasteiger partial charge in [-0.05, 0) is 60.2 Å². The van der Waals surface area contributed by atoms with E-state index in [4.69, 9.17) is 4.42 Å². The number of anilines is 2. The first-order valence-corrected chi connectivity index (χ1v) is 14.3. The van der Waals surface area contributed by atoms with Gasteiger partial charge in [0, 0.05) is 35.6 Å². The Labute approximate surface area is 225 Å². The van der Waals surface area contributed by atoms with Crippen LogP contribution >= 0.6 is 0 Å². The van der Waals surface area contributed by atoms with Gasteiger partial charge in [0.2, 0.25) is 0 Å². The molecule has 3 heterocycles. The molecule has 5 aromatic rings. The first-order chi connectivity index (χ1) is 18.8. The van der Waals surface area contributed by atoms with Crippen LogP contribution in [-0.2, 0) is 22.9 Å². The van der Waals surface area contributed by atoms with E-state index >= 15 is 0 Å². The number of benzene rings is 2. The fourth-order valence-corrected chi connectivity index (χ4v) is 4.54. The number of rotatable bonds is 11. The van der Waals surface area contributed by atoms with E-state index in [0.717, 1.165) is 27.7 Å². The molecule has 0 bridgehead atoms. The van der Waals surface area contributed by atoms with E-state index in [0.29, 0.717) is 37.0 Å². The molecule has 3 aromatic heterocycles. The molecular weight excluding hydrogens is 519 g/mol. The highest BCUT2D eigenvalue weighted by Crippen LogP contribution is 2.25. The van der Waals surface area contributed by atoms with Crippen molar-refractivity contribution in [3.63, 3.8) is 0 Å². The molecule has 0 fully saturated rings. The summed E-state index contributed by atoms with van der Waals surface area (Å²) in [6, 6.07) is 16.1. The van der Waals surface area contributed by atoms with Gasteiger partial charge in [-0.15, -0.1) is 0 Å². The predicted octanol–water partition coefficient (Wildman–Crippen LogP) is 4.65. The maximum absolute atomic E-state index is 13.6. The van der Waals surface area contributed by atoms with Crippen LogP contribution in [0.1, 0.15) is 22.6 Å². The maximum atomic E-state index is 13.6. The Morgan fingerprint density at radius 3 is 2.82 bits per heavy atom. The summed E-state index contributed by atoms with van der Waals surface area (Å²) in [6.07, 6.45) is 9.86. The molecule has 2 aromatic carbocycles. The van der Waals surface area contributed by atoms with Gasteiger partial charge in [0.25, 0.3) is 0 Å². The molecule has 2 N–H and O–H groups in total. The Morgan fingerprint density at radius 2 is 1.97 bits per heavy atom. The Hall–Kier alpha value is -4.35. The topological polar surface area (TPSA) is 115 Å². The summed E-state index contributed by atoms with van der Waals surface area (Å²) in [7, 11) is -3.00. The first-order valence-electron chi connectivity index (χ1n) is 12.2. The van der Waals surface area contributed by atoms with Crippen LogP contribution in [0.2, 0.25) is 0 Å². The maximum Gasteiger partial charge on any atom is 0.148 e. The summed E-state index contributed by atoms with van der Waals surface area (Å²) >= 11 is 0. The van der Waals surface area contributed by atoms with Crippen LogP contribution in [0.15, 0.2) is 77.7 Å². The number of nitrogens with zero attached hydrogens (tertiary/aromatic N) is 4. The Balaban J connectivity index is 1.25. The van der Waals surface area contributed by atoms with E-state index in [1.54, 1.807) is 18.5 Å². The average molecular weight is 547 g/mol. The van der Waals surface area contributed by atoms with Gasteiger partial charge in [-0.2, -0.15) is 5.10 Å². The van der Waals surface area contributed by atoms with Crippen LogP contribution in [0.3, 0.4) is 0 Å². The molecule has 5 rings (SSSR count). The van der Waals surface area contributed by atoms with Gasteiger partial charge in [0.15, 0.2) is 0 Å². The lowest BCUT2D eigenvalue weighted by molar-refractivity contribution is 0.480. The van der Waals surface area contributed by atoms with Crippen LogP contribution < -0.4 is 10.6 Å². The predicted molar refractivity (Wildman–Crippen MR) is 150 cm³/mol. The molecule has 200 valence electrons. The fourth-order valence-electron chi connectivity index (χ4n) is 4.02. The highest BCUT2D eigenvalue weighted by molar-refractivity contribution is 7.90. The zero-order chi connectivity index (χ0) is 27.2. The minimum atomic E-state index is -3.00. The summed E-state index contributed by atoms with van der Waals surface area (Å²) in [6.45, 7) is 1.27. The first kappa shape index (κ1) is 26.3. The Bertz CT molecular complexity index is 1730. The second-order valence-corrected chi connectivity index (χ2v) is 11.4. The summed E-state index contributed by atoms with van der Waals surface area (Å²) < 4.78 is 43.7. The van der Waals surface area contributed by atoms with Crippen molar-refractivity contribution >= 4 is 44.4 Å². The standard InChI is InChI=1S/C28H27FN6O3S/c1-39(36,37)12-11-30-17-26-9-8-25(38-26)7-5-21-15-31-19-32-28(21)34-24-6-10-27-22(14-24)16-33-35(27)18-20-3-2-4-23(29)13-20/h2-10,13-16,19,30H,11-12,17-18H2,1H3,(H,31,32,34)/b7-5-. The van der Waals surface area contributed by atoms with Crippen molar-refractivity contribution < 1.29 is 17.2 Å². The molecule has 0 amide bonds. The molecule has 0 aliphatic carbocycles. The molecule has 0 unspecified atom stereocenters. The number of hydrogen-bond donors (Lipinski definition) is 2. The summed E-state index contributed by atoms with van der Waals surface area (Å²) in [4.78, 5) is 8.53. The normalized spacial score (nSPS) is 11.9. The van der Waals surface area contributed by atoms with Gasteiger partial charge < -0.3 is 15.1 Å². The number of sulfone groups is 1. The van der Waals surface area contributed by atoms with E-state index < -0.39 is 9.84 Å². The van der Waals surface area contributed by atoms with Gasteiger partial charge in [-0.25, -0.2) is 22.8 Å². The molecule has 0 aliphatic rings. The monoisotopic (exact) mass is 546 g/mol. The minimum absolute atomic E-state index is 0.0778. The SMILES string of the molecule is CS(=O)(=O)CCNCc1ccc(/C=C\c2cncnc2Nc2ccc3c(cnn3Cc3cccc(F)c3)c2)o1. The smallest absolute Gasteiger partial charge is 0.148 e. The molecule has 0 aliphatic heterocycles. The summed E-state index contributed by atoms with van der Waals surface area (Å²) in [5.41, 5.74) is 3.38. The van der Waals surface area contributed by atoms with Gasteiger partial charge >= 0.3 is 0 Å². The van der Waals surface area contributed by atoms with Crippen molar-refractivity contribution in [2.75, 3.05) is 23.9 Å². The second-order valence-electron chi connectivity index (χ2n) is 9.10. The molecule has 39 heavy (non-hydrogen) atoms. The number of nitrogens with one attached hydrogen (secondary N) is 2. The molecule has 9 nitrogen and oxygen atoms in total. The van der Waals surface area contributed by atoms with Crippen molar-refractivity contribution in [3.8, 4) is 0 Å². The van der Waals surface area contributed by atoms with Crippen LogP contribution in [0.5, 0.6) is 0 Å². The minimum Gasteiger partial charge on any atom is -0.460 e. The number of fused-ring (bicyclic) bond motifs is 1. The fraction of sp³-hybridized carbons (Fsp3) is 0.179. The third-order valence-electron chi connectivity index (χ3n) is 5.92. The number of furan rings is 1.